The van der Waals surface area contributed by atoms with Gasteiger partial charge in [-0.25, -0.2) is 0 Å². The maximum Gasteiger partial charge on any atom is 0.261 e. The van der Waals surface area contributed by atoms with Gasteiger partial charge in [-0.3, -0.25) is 10.1 Å². The topological polar surface area (TPSA) is 59.6 Å². The van der Waals surface area contributed by atoms with Crippen LogP contribution in [0.3, 0.4) is 0 Å². The summed E-state index contributed by atoms with van der Waals surface area (Å²) < 4.78 is 11.4. The number of hydrogen-bond donors (Lipinski definition) is 2. The minimum absolute atomic E-state index is 0.283. The molecule has 23 heavy (non-hydrogen) atoms. The highest BCUT2D eigenvalue weighted by Crippen LogP contribution is 2.23. The number of amides is 1. The lowest BCUT2D eigenvalue weighted by Crippen LogP contribution is -2.43. The zero-order chi connectivity index (χ0) is 16.7. The van der Waals surface area contributed by atoms with Gasteiger partial charge in [-0.05, 0) is 43.3 Å². The monoisotopic (exact) mass is 400 g/mol. The Hall–Kier alpha value is -1.18. The van der Waals surface area contributed by atoms with Crippen molar-refractivity contribution in [2.75, 3.05) is 20.3 Å². The zero-order valence-electron chi connectivity index (χ0n) is 13.1. The molecule has 0 aliphatic heterocycles. The van der Waals surface area contributed by atoms with Crippen LogP contribution in [0.15, 0.2) is 22.7 Å². The Labute approximate surface area is 150 Å². The molecule has 1 amide bonds. The largest absolute Gasteiger partial charge is 0.490 e. The fraction of sp³-hybridized carbons (Fsp3) is 0.500. The van der Waals surface area contributed by atoms with Crippen molar-refractivity contribution in [3.63, 3.8) is 0 Å². The van der Waals surface area contributed by atoms with Gasteiger partial charge in [0.25, 0.3) is 5.91 Å². The van der Waals surface area contributed by atoms with Gasteiger partial charge in [-0.1, -0.05) is 28.8 Å². The number of carbonyl (C=O) groups excluding carboxylic acids is 1. The second-order valence-electron chi connectivity index (χ2n) is 5.39. The van der Waals surface area contributed by atoms with Crippen LogP contribution in [0.4, 0.5) is 0 Å². The van der Waals surface area contributed by atoms with Crippen LogP contribution in [0.1, 0.15) is 36.0 Å². The van der Waals surface area contributed by atoms with E-state index in [1.54, 1.807) is 19.2 Å². The molecule has 126 valence electrons. The molecular formula is C16H21BrN2O3S. The summed E-state index contributed by atoms with van der Waals surface area (Å²) in [4.78, 5) is 12.5. The van der Waals surface area contributed by atoms with Crippen LogP contribution >= 0.6 is 28.1 Å². The summed E-state index contributed by atoms with van der Waals surface area (Å²) in [6, 6.07) is 5.66. The highest BCUT2D eigenvalue weighted by atomic mass is 79.9. The van der Waals surface area contributed by atoms with E-state index in [4.69, 9.17) is 21.7 Å². The number of methoxy groups -OCH3 is 1. The molecule has 2 rings (SSSR count). The number of thiocarbonyl (C=S) groups is 1. The van der Waals surface area contributed by atoms with E-state index >= 15 is 0 Å². The van der Waals surface area contributed by atoms with E-state index in [2.05, 4.69) is 26.6 Å². The van der Waals surface area contributed by atoms with Gasteiger partial charge in [0.15, 0.2) is 5.11 Å². The standard InChI is InChI=1S/C16H21BrN2O3S/c1-21-8-9-22-14-7-6-11(17)10-13(14)15(20)19-16(23)18-12-4-2-3-5-12/h6-7,10,12H,2-5,8-9H2,1H3,(H2,18,19,20,23). The fourth-order valence-corrected chi connectivity index (χ4v) is 3.12. The quantitative estimate of drug-likeness (QED) is 0.567. The maximum atomic E-state index is 12.5. The van der Waals surface area contributed by atoms with Crippen molar-refractivity contribution in [2.45, 2.75) is 31.7 Å². The van der Waals surface area contributed by atoms with Gasteiger partial charge in [-0.2, -0.15) is 0 Å². The molecule has 0 aromatic heterocycles. The molecule has 0 radical (unpaired) electrons. The van der Waals surface area contributed by atoms with Crippen LogP contribution in [0.25, 0.3) is 0 Å². The van der Waals surface area contributed by atoms with Crippen molar-refractivity contribution >= 4 is 39.2 Å². The minimum Gasteiger partial charge on any atom is -0.490 e. The summed E-state index contributed by atoms with van der Waals surface area (Å²) in [5.74, 6) is 0.223. The number of carbonyl (C=O) groups is 1. The minimum atomic E-state index is -0.283. The molecule has 0 saturated heterocycles. The van der Waals surface area contributed by atoms with Gasteiger partial charge in [-0.15, -0.1) is 0 Å². The van der Waals surface area contributed by atoms with Crippen LogP contribution in [-0.2, 0) is 4.74 Å². The Morgan fingerprint density at radius 2 is 2.09 bits per heavy atom. The summed E-state index contributed by atoms with van der Waals surface area (Å²) in [7, 11) is 1.60. The molecule has 0 unspecified atom stereocenters. The molecule has 2 N–H and O–H groups in total. The number of benzene rings is 1. The van der Waals surface area contributed by atoms with E-state index in [0.29, 0.717) is 35.7 Å². The molecule has 1 aliphatic rings. The first-order chi connectivity index (χ1) is 11.1. The predicted molar refractivity (Wildman–Crippen MR) is 97.0 cm³/mol. The van der Waals surface area contributed by atoms with E-state index in [-0.39, 0.29) is 5.91 Å². The number of hydrogen-bond acceptors (Lipinski definition) is 4. The SMILES string of the molecule is COCCOc1ccc(Br)cc1C(=O)NC(=S)NC1CCCC1. The fourth-order valence-electron chi connectivity index (χ4n) is 2.50. The third kappa shape index (κ3) is 5.75. The van der Waals surface area contributed by atoms with Gasteiger partial charge in [0.2, 0.25) is 0 Å². The summed E-state index contributed by atoms with van der Waals surface area (Å²) in [6.07, 6.45) is 4.60. The lowest BCUT2D eigenvalue weighted by atomic mass is 10.2. The molecule has 7 heteroatoms. The molecule has 0 bridgehead atoms. The van der Waals surface area contributed by atoms with E-state index in [0.717, 1.165) is 17.3 Å². The molecule has 1 aromatic carbocycles. The molecule has 1 saturated carbocycles. The third-order valence-corrected chi connectivity index (χ3v) is 4.36. The van der Waals surface area contributed by atoms with E-state index in [1.807, 2.05) is 6.07 Å². The van der Waals surface area contributed by atoms with Crippen LogP contribution in [0.2, 0.25) is 0 Å². The predicted octanol–water partition coefficient (Wildman–Crippen LogP) is 3.02. The van der Waals surface area contributed by atoms with Crippen molar-refractivity contribution < 1.29 is 14.3 Å². The van der Waals surface area contributed by atoms with Gasteiger partial charge < -0.3 is 14.8 Å². The van der Waals surface area contributed by atoms with Crippen LogP contribution in [-0.4, -0.2) is 37.4 Å². The first-order valence-electron chi connectivity index (χ1n) is 7.63. The number of rotatable bonds is 6. The Morgan fingerprint density at radius 1 is 1.35 bits per heavy atom. The Balaban J connectivity index is 1.98. The molecular weight excluding hydrogens is 380 g/mol. The number of halogens is 1. The van der Waals surface area contributed by atoms with Gasteiger partial charge in [0.1, 0.15) is 12.4 Å². The lowest BCUT2D eigenvalue weighted by molar-refractivity contribution is 0.0968. The highest BCUT2D eigenvalue weighted by molar-refractivity contribution is 9.10. The normalized spacial score (nSPS) is 14.5. The van der Waals surface area contributed by atoms with Crippen molar-refractivity contribution in [3.8, 4) is 5.75 Å². The highest BCUT2D eigenvalue weighted by Gasteiger charge is 2.18. The van der Waals surface area contributed by atoms with Crippen molar-refractivity contribution in [3.05, 3.63) is 28.2 Å². The lowest BCUT2D eigenvalue weighted by Gasteiger charge is -2.16. The molecule has 0 atom stereocenters. The number of ether oxygens (including phenoxy) is 2. The maximum absolute atomic E-state index is 12.5. The molecule has 1 aliphatic carbocycles. The first-order valence-corrected chi connectivity index (χ1v) is 8.83. The Kier molecular flexibility index (Phi) is 7.26. The van der Waals surface area contributed by atoms with E-state index in [1.165, 1.54) is 12.8 Å². The van der Waals surface area contributed by atoms with Gasteiger partial charge in [0.05, 0.1) is 12.2 Å². The van der Waals surface area contributed by atoms with Crippen molar-refractivity contribution in [1.29, 1.82) is 0 Å². The zero-order valence-corrected chi connectivity index (χ0v) is 15.5. The summed E-state index contributed by atoms with van der Waals surface area (Å²) in [5.41, 5.74) is 0.436. The second-order valence-corrected chi connectivity index (χ2v) is 6.71. The van der Waals surface area contributed by atoms with Gasteiger partial charge >= 0.3 is 0 Å². The van der Waals surface area contributed by atoms with Gasteiger partial charge in [0, 0.05) is 17.6 Å². The van der Waals surface area contributed by atoms with Crippen LogP contribution in [0.5, 0.6) is 5.75 Å². The molecule has 5 nitrogen and oxygen atoms in total. The average molecular weight is 401 g/mol. The summed E-state index contributed by atoms with van der Waals surface area (Å²) >= 11 is 8.61. The number of nitrogens with one attached hydrogen (secondary N) is 2. The first kappa shape index (κ1) is 18.2. The van der Waals surface area contributed by atoms with E-state index in [9.17, 15) is 4.79 Å². The second kappa shape index (κ2) is 9.20. The molecule has 0 spiro atoms. The Morgan fingerprint density at radius 3 is 2.78 bits per heavy atom. The third-order valence-electron chi connectivity index (χ3n) is 3.65. The average Bonchev–Trinajstić information content (AvgIpc) is 3.01. The smallest absolute Gasteiger partial charge is 0.261 e. The van der Waals surface area contributed by atoms with E-state index < -0.39 is 0 Å². The summed E-state index contributed by atoms with van der Waals surface area (Å²) in [5, 5.41) is 6.29. The van der Waals surface area contributed by atoms with Crippen LogP contribution in [0, 0.1) is 0 Å². The molecule has 1 aromatic rings. The Bertz CT molecular complexity index is 562. The molecule has 0 heterocycles. The van der Waals surface area contributed by atoms with Crippen molar-refractivity contribution in [2.24, 2.45) is 0 Å². The van der Waals surface area contributed by atoms with Crippen molar-refractivity contribution in [1.82, 2.24) is 10.6 Å². The van der Waals surface area contributed by atoms with Crippen LogP contribution < -0.4 is 15.4 Å². The summed E-state index contributed by atoms with van der Waals surface area (Å²) in [6.45, 7) is 0.835. The molecule has 1 fully saturated rings.